The minimum atomic E-state index is -3.73. The van der Waals surface area contributed by atoms with Crippen LogP contribution >= 0.6 is 0 Å². The zero-order valence-corrected chi connectivity index (χ0v) is 19.6. The molecule has 1 fully saturated rings. The summed E-state index contributed by atoms with van der Waals surface area (Å²) in [4.78, 5) is 16.9. The van der Waals surface area contributed by atoms with Gasteiger partial charge in [-0.05, 0) is 43.5 Å². The lowest BCUT2D eigenvalue weighted by Gasteiger charge is -2.18. The Morgan fingerprint density at radius 2 is 1.91 bits per heavy atom. The van der Waals surface area contributed by atoms with E-state index < -0.39 is 10.0 Å². The molecule has 3 aromatic rings. The SMILES string of the molecule is O=C(NCCCn1ccnc1)c1cc(NCc2ccccc2F)cc(S(=O)(=O)N2CCCC2)c1. The Kier molecular flexibility index (Phi) is 7.59. The van der Waals surface area contributed by atoms with Gasteiger partial charge in [-0.15, -0.1) is 0 Å². The van der Waals surface area contributed by atoms with Crippen molar-refractivity contribution in [2.24, 2.45) is 0 Å². The minimum Gasteiger partial charge on any atom is -0.381 e. The first-order valence-corrected chi connectivity index (χ1v) is 12.7. The summed E-state index contributed by atoms with van der Waals surface area (Å²) in [5, 5.41) is 5.92. The lowest BCUT2D eigenvalue weighted by molar-refractivity contribution is 0.0952. The molecule has 10 heteroatoms. The highest BCUT2D eigenvalue weighted by molar-refractivity contribution is 7.89. The Morgan fingerprint density at radius 1 is 1.12 bits per heavy atom. The number of benzene rings is 2. The highest BCUT2D eigenvalue weighted by atomic mass is 32.2. The Bertz CT molecular complexity index is 1230. The van der Waals surface area contributed by atoms with Crippen LogP contribution in [0, 0.1) is 5.82 Å². The second-order valence-corrected chi connectivity index (χ2v) is 10.2. The Morgan fingerprint density at radius 3 is 2.65 bits per heavy atom. The maximum absolute atomic E-state index is 14.0. The molecule has 2 N–H and O–H groups in total. The third-order valence-corrected chi connectivity index (χ3v) is 7.63. The van der Waals surface area contributed by atoms with Gasteiger partial charge in [0.1, 0.15) is 5.82 Å². The van der Waals surface area contributed by atoms with Gasteiger partial charge in [0.25, 0.3) is 5.91 Å². The van der Waals surface area contributed by atoms with E-state index in [1.165, 1.54) is 22.5 Å². The van der Waals surface area contributed by atoms with Crippen molar-refractivity contribution in [2.45, 2.75) is 37.2 Å². The topological polar surface area (TPSA) is 96.3 Å². The first-order chi connectivity index (χ1) is 16.4. The zero-order valence-electron chi connectivity index (χ0n) is 18.8. The van der Waals surface area contributed by atoms with Crippen molar-refractivity contribution in [3.8, 4) is 0 Å². The molecule has 0 radical (unpaired) electrons. The molecule has 8 nitrogen and oxygen atoms in total. The summed E-state index contributed by atoms with van der Waals surface area (Å²) < 4.78 is 43.8. The van der Waals surface area contributed by atoms with Crippen molar-refractivity contribution < 1.29 is 17.6 Å². The maximum Gasteiger partial charge on any atom is 0.251 e. The van der Waals surface area contributed by atoms with Crippen LogP contribution in [0.2, 0.25) is 0 Å². The average molecular weight is 486 g/mol. The molecule has 34 heavy (non-hydrogen) atoms. The molecule has 1 aromatic heterocycles. The van der Waals surface area contributed by atoms with E-state index in [1.54, 1.807) is 36.8 Å². The average Bonchev–Trinajstić information content (AvgIpc) is 3.56. The summed E-state index contributed by atoms with van der Waals surface area (Å²) >= 11 is 0. The number of hydrogen-bond acceptors (Lipinski definition) is 5. The molecule has 1 saturated heterocycles. The minimum absolute atomic E-state index is 0.0523. The number of carbonyl (C=O) groups is 1. The first-order valence-electron chi connectivity index (χ1n) is 11.3. The highest BCUT2D eigenvalue weighted by Crippen LogP contribution is 2.25. The number of aryl methyl sites for hydroxylation is 1. The molecule has 180 valence electrons. The highest BCUT2D eigenvalue weighted by Gasteiger charge is 2.28. The van der Waals surface area contributed by atoms with Gasteiger partial charge in [-0.3, -0.25) is 4.79 Å². The lowest BCUT2D eigenvalue weighted by atomic mass is 10.1. The number of nitrogens with one attached hydrogen (secondary N) is 2. The summed E-state index contributed by atoms with van der Waals surface area (Å²) in [6, 6.07) is 10.9. The largest absolute Gasteiger partial charge is 0.381 e. The van der Waals surface area contributed by atoms with Crippen LogP contribution in [0.15, 0.2) is 66.1 Å². The number of hydrogen-bond donors (Lipinski definition) is 2. The van der Waals surface area contributed by atoms with Gasteiger partial charge in [0.15, 0.2) is 0 Å². The summed E-state index contributed by atoms with van der Waals surface area (Å²) in [6.45, 7) is 2.22. The molecule has 0 unspecified atom stereocenters. The number of rotatable bonds is 10. The fraction of sp³-hybridized carbons (Fsp3) is 0.333. The fourth-order valence-electron chi connectivity index (χ4n) is 3.88. The molecular weight excluding hydrogens is 457 g/mol. The van der Waals surface area contributed by atoms with E-state index in [4.69, 9.17) is 0 Å². The Labute approximate surface area is 198 Å². The molecular formula is C24H28FN5O3S. The molecule has 4 rings (SSSR count). The lowest BCUT2D eigenvalue weighted by Crippen LogP contribution is -2.29. The summed E-state index contributed by atoms with van der Waals surface area (Å²) in [7, 11) is -3.73. The molecule has 1 aliphatic heterocycles. The number of nitrogens with zero attached hydrogens (tertiary/aromatic N) is 3. The summed E-state index contributed by atoms with van der Waals surface area (Å²) in [6.07, 6.45) is 7.58. The molecule has 0 spiro atoms. The van der Waals surface area contributed by atoms with E-state index in [9.17, 15) is 17.6 Å². The third-order valence-electron chi connectivity index (χ3n) is 5.75. The summed E-state index contributed by atoms with van der Waals surface area (Å²) in [5.41, 5.74) is 1.12. The van der Waals surface area contributed by atoms with Crippen LogP contribution in [0.1, 0.15) is 35.2 Å². The van der Waals surface area contributed by atoms with E-state index in [-0.39, 0.29) is 28.7 Å². The van der Waals surface area contributed by atoms with Crippen LogP contribution < -0.4 is 10.6 Å². The maximum atomic E-state index is 14.0. The van der Waals surface area contributed by atoms with Gasteiger partial charge in [0.2, 0.25) is 10.0 Å². The Hall–Kier alpha value is -3.24. The number of sulfonamides is 1. The molecule has 2 aromatic carbocycles. The molecule has 0 atom stereocenters. The van der Waals surface area contributed by atoms with E-state index in [0.29, 0.717) is 43.9 Å². The second kappa shape index (κ2) is 10.8. The van der Waals surface area contributed by atoms with E-state index in [2.05, 4.69) is 15.6 Å². The van der Waals surface area contributed by atoms with Crippen molar-refractivity contribution in [1.82, 2.24) is 19.2 Å². The van der Waals surface area contributed by atoms with Crippen molar-refractivity contribution in [1.29, 1.82) is 0 Å². The van der Waals surface area contributed by atoms with Crippen LogP contribution in [0.5, 0.6) is 0 Å². The normalized spacial score (nSPS) is 14.3. The monoisotopic (exact) mass is 485 g/mol. The van der Waals surface area contributed by atoms with Gasteiger partial charge >= 0.3 is 0 Å². The predicted octanol–water partition coefficient (Wildman–Crippen LogP) is 3.24. The number of amides is 1. The number of carbonyl (C=O) groups excluding carboxylic acids is 1. The van der Waals surface area contributed by atoms with Gasteiger partial charge in [-0.25, -0.2) is 17.8 Å². The standard InChI is InChI=1S/C24H28FN5O3S/c25-23-7-2-1-6-19(23)17-28-21-14-20(24(31)27-8-5-10-29-13-9-26-18-29)15-22(16-21)34(32,33)30-11-3-4-12-30/h1-2,6-7,9,13-16,18,28H,3-5,8,10-12,17H2,(H,27,31). The first kappa shape index (κ1) is 23.9. The Balaban J connectivity index is 1.52. The van der Waals surface area contributed by atoms with E-state index in [0.717, 1.165) is 12.8 Å². The van der Waals surface area contributed by atoms with Gasteiger partial charge in [0.05, 0.1) is 11.2 Å². The van der Waals surface area contributed by atoms with Crippen LogP contribution in [0.3, 0.4) is 0 Å². The number of halogens is 1. The van der Waals surface area contributed by atoms with Gasteiger partial charge in [-0.2, -0.15) is 4.31 Å². The van der Waals surface area contributed by atoms with E-state index >= 15 is 0 Å². The molecule has 1 amide bonds. The number of imidazole rings is 1. The zero-order chi connectivity index (χ0) is 24.0. The molecule has 0 bridgehead atoms. The smallest absolute Gasteiger partial charge is 0.251 e. The molecule has 0 saturated carbocycles. The van der Waals surface area contributed by atoms with Crippen molar-refractivity contribution in [3.05, 3.63) is 78.1 Å². The van der Waals surface area contributed by atoms with Gasteiger partial charge in [-0.1, -0.05) is 18.2 Å². The van der Waals surface area contributed by atoms with Crippen molar-refractivity contribution in [3.63, 3.8) is 0 Å². The van der Waals surface area contributed by atoms with E-state index in [1.807, 2.05) is 10.8 Å². The van der Waals surface area contributed by atoms with Gasteiger partial charge in [0, 0.05) is 61.9 Å². The molecule has 1 aliphatic rings. The van der Waals surface area contributed by atoms with Crippen LogP contribution in [-0.2, 0) is 23.1 Å². The predicted molar refractivity (Wildman–Crippen MR) is 127 cm³/mol. The van der Waals surface area contributed by atoms with Crippen LogP contribution in [0.4, 0.5) is 10.1 Å². The second-order valence-electron chi connectivity index (χ2n) is 8.21. The third kappa shape index (κ3) is 5.81. The van der Waals surface area contributed by atoms with Crippen LogP contribution in [0.25, 0.3) is 0 Å². The summed E-state index contributed by atoms with van der Waals surface area (Å²) in [5.74, 6) is -0.718. The van der Waals surface area contributed by atoms with Crippen molar-refractivity contribution in [2.75, 3.05) is 25.0 Å². The van der Waals surface area contributed by atoms with Gasteiger partial charge < -0.3 is 15.2 Å². The number of anilines is 1. The molecule has 0 aliphatic carbocycles. The quantitative estimate of drug-likeness (QED) is 0.430. The molecule has 2 heterocycles. The van der Waals surface area contributed by atoms with Crippen LogP contribution in [-0.4, -0.2) is 47.8 Å². The fourth-order valence-corrected chi connectivity index (χ4v) is 5.47. The number of aromatic nitrogens is 2. The van der Waals surface area contributed by atoms with Crippen molar-refractivity contribution >= 4 is 21.6 Å².